The van der Waals surface area contributed by atoms with Gasteiger partial charge in [0.1, 0.15) is 0 Å². The van der Waals surface area contributed by atoms with E-state index in [1.807, 2.05) is 44.4 Å². The third kappa shape index (κ3) is 5.24. The lowest BCUT2D eigenvalue weighted by atomic mass is 9.91. The number of nitrogens with one attached hydrogen (secondary N) is 1. The summed E-state index contributed by atoms with van der Waals surface area (Å²) in [5.41, 5.74) is 0.687. The van der Waals surface area contributed by atoms with E-state index in [4.69, 9.17) is 11.6 Å². The van der Waals surface area contributed by atoms with Gasteiger partial charge >= 0.3 is 0 Å². The quantitative estimate of drug-likeness (QED) is 0.626. The molecule has 0 saturated heterocycles. The fourth-order valence-corrected chi connectivity index (χ4v) is 4.50. The average molecular weight is 414 g/mol. The smallest absolute Gasteiger partial charge is 0.240 e. The number of rotatable bonds is 8. The number of hydrogen-bond donors (Lipinski definition) is 2. The summed E-state index contributed by atoms with van der Waals surface area (Å²) < 4.78 is 28.2. The summed E-state index contributed by atoms with van der Waals surface area (Å²) in [6.07, 6.45) is 1.77. The maximum atomic E-state index is 12.7. The molecule has 0 amide bonds. The summed E-state index contributed by atoms with van der Waals surface area (Å²) in [6.45, 7) is 3.90. The molecular formula is C19H24ClNO3S2. The van der Waals surface area contributed by atoms with Crippen LogP contribution in [0.25, 0.3) is 0 Å². The SMILES string of the molecule is CC[C@H](C)[C@H](NS(=O)(=O)c1ccc(Cl)cc1)C(O)c1ccc(SC)cc1. The van der Waals surface area contributed by atoms with Crippen molar-refractivity contribution in [2.45, 2.75) is 42.2 Å². The van der Waals surface area contributed by atoms with E-state index in [9.17, 15) is 13.5 Å². The maximum absolute atomic E-state index is 12.7. The van der Waals surface area contributed by atoms with Crippen molar-refractivity contribution in [1.29, 1.82) is 0 Å². The summed E-state index contributed by atoms with van der Waals surface area (Å²) in [7, 11) is -3.77. The second-order valence-corrected chi connectivity index (χ2v) is 9.23. The van der Waals surface area contributed by atoms with Crippen molar-refractivity contribution in [3.63, 3.8) is 0 Å². The van der Waals surface area contributed by atoms with Crippen LogP contribution in [-0.4, -0.2) is 25.8 Å². The first-order chi connectivity index (χ1) is 12.3. The Bertz CT molecular complexity index is 808. The van der Waals surface area contributed by atoms with Gasteiger partial charge in [0.15, 0.2) is 0 Å². The molecule has 4 nitrogen and oxygen atoms in total. The number of aliphatic hydroxyl groups is 1. The topological polar surface area (TPSA) is 66.4 Å². The van der Waals surface area contributed by atoms with Gasteiger partial charge in [0.25, 0.3) is 0 Å². The minimum atomic E-state index is -3.77. The fraction of sp³-hybridized carbons (Fsp3) is 0.368. The Morgan fingerprint density at radius 2 is 1.69 bits per heavy atom. The Hall–Kier alpha value is -1.05. The first-order valence-electron chi connectivity index (χ1n) is 8.38. The number of benzene rings is 2. The lowest BCUT2D eigenvalue weighted by molar-refractivity contribution is 0.112. The Labute approximate surface area is 165 Å². The van der Waals surface area contributed by atoms with E-state index in [1.54, 1.807) is 11.8 Å². The summed E-state index contributed by atoms with van der Waals surface area (Å²) in [5.74, 6) is -0.0488. The lowest BCUT2D eigenvalue weighted by Crippen LogP contribution is -2.43. The highest BCUT2D eigenvalue weighted by Gasteiger charge is 2.30. The zero-order chi connectivity index (χ0) is 19.3. The van der Waals surface area contributed by atoms with Crippen LogP contribution in [0.2, 0.25) is 5.02 Å². The van der Waals surface area contributed by atoms with Crippen molar-refractivity contribution in [3.05, 3.63) is 59.1 Å². The number of thioether (sulfide) groups is 1. The molecule has 0 radical (unpaired) electrons. The standard InChI is InChI=1S/C19H24ClNO3S2/c1-4-13(2)18(19(22)14-5-9-16(25-3)10-6-14)21-26(23,24)17-11-7-15(20)8-12-17/h5-13,18-19,21-22H,4H2,1-3H3/t13-,18-,19?/m0/s1. The molecule has 7 heteroatoms. The van der Waals surface area contributed by atoms with E-state index in [0.29, 0.717) is 10.6 Å². The highest BCUT2D eigenvalue weighted by molar-refractivity contribution is 7.98. The van der Waals surface area contributed by atoms with Crippen molar-refractivity contribution in [2.75, 3.05) is 6.26 Å². The van der Waals surface area contributed by atoms with Gasteiger partial charge in [0.05, 0.1) is 17.0 Å². The van der Waals surface area contributed by atoms with Gasteiger partial charge in [-0.25, -0.2) is 13.1 Å². The number of halogens is 1. The van der Waals surface area contributed by atoms with E-state index < -0.39 is 22.2 Å². The van der Waals surface area contributed by atoms with E-state index in [-0.39, 0.29) is 10.8 Å². The first-order valence-corrected chi connectivity index (χ1v) is 11.5. The van der Waals surface area contributed by atoms with Crippen LogP contribution in [0.5, 0.6) is 0 Å². The fourth-order valence-electron chi connectivity index (χ4n) is 2.62. The van der Waals surface area contributed by atoms with Crippen molar-refractivity contribution in [3.8, 4) is 0 Å². The molecule has 0 saturated carbocycles. The summed E-state index contributed by atoms with van der Waals surface area (Å²) >= 11 is 7.45. The van der Waals surface area contributed by atoms with Crippen LogP contribution in [0.4, 0.5) is 0 Å². The van der Waals surface area contributed by atoms with E-state index in [1.165, 1.54) is 24.3 Å². The predicted octanol–water partition coefficient (Wildman–Crippen LogP) is 4.49. The minimum absolute atomic E-state index is 0.0488. The van der Waals surface area contributed by atoms with Gasteiger partial charge in [0, 0.05) is 9.92 Å². The molecule has 0 aliphatic carbocycles. The van der Waals surface area contributed by atoms with Crippen molar-refractivity contribution < 1.29 is 13.5 Å². The molecule has 0 aliphatic heterocycles. The molecular weight excluding hydrogens is 390 g/mol. The van der Waals surface area contributed by atoms with E-state index >= 15 is 0 Å². The molecule has 0 bridgehead atoms. The van der Waals surface area contributed by atoms with Crippen LogP contribution in [0.1, 0.15) is 31.9 Å². The second kappa shape index (κ2) is 9.24. The number of hydrogen-bond acceptors (Lipinski definition) is 4. The Morgan fingerprint density at radius 1 is 1.12 bits per heavy atom. The Morgan fingerprint density at radius 3 is 2.19 bits per heavy atom. The molecule has 0 fully saturated rings. The Kier molecular flexibility index (Phi) is 7.55. The summed E-state index contributed by atoms with van der Waals surface area (Å²) in [5, 5.41) is 11.3. The predicted molar refractivity (Wildman–Crippen MR) is 108 cm³/mol. The molecule has 0 spiro atoms. The molecule has 1 unspecified atom stereocenters. The van der Waals surface area contributed by atoms with Crippen LogP contribution in [-0.2, 0) is 10.0 Å². The third-order valence-electron chi connectivity index (χ3n) is 4.47. The van der Waals surface area contributed by atoms with Crippen molar-refractivity contribution in [2.24, 2.45) is 5.92 Å². The molecule has 26 heavy (non-hydrogen) atoms. The summed E-state index contributed by atoms with van der Waals surface area (Å²) in [4.78, 5) is 1.21. The van der Waals surface area contributed by atoms with Gasteiger partial charge in [-0.05, 0) is 54.1 Å². The lowest BCUT2D eigenvalue weighted by Gasteiger charge is -2.29. The van der Waals surface area contributed by atoms with Crippen LogP contribution in [0.15, 0.2) is 58.3 Å². The number of aliphatic hydroxyl groups excluding tert-OH is 1. The largest absolute Gasteiger partial charge is 0.387 e. The van der Waals surface area contributed by atoms with E-state index in [0.717, 1.165) is 11.3 Å². The Balaban J connectivity index is 2.29. The normalized spacial score (nSPS) is 15.4. The third-order valence-corrected chi connectivity index (χ3v) is 6.94. The van der Waals surface area contributed by atoms with Crippen LogP contribution in [0, 0.1) is 5.92 Å². The highest BCUT2D eigenvalue weighted by atomic mass is 35.5. The minimum Gasteiger partial charge on any atom is -0.387 e. The van der Waals surface area contributed by atoms with Gasteiger partial charge in [-0.3, -0.25) is 0 Å². The van der Waals surface area contributed by atoms with Gasteiger partial charge in [-0.1, -0.05) is 44.0 Å². The molecule has 0 heterocycles. The van der Waals surface area contributed by atoms with Gasteiger partial charge in [-0.2, -0.15) is 0 Å². The van der Waals surface area contributed by atoms with Crippen LogP contribution in [0.3, 0.4) is 0 Å². The number of sulfonamides is 1. The van der Waals surface area contributed by atoms with E-state index in [2.05, 4.69) is 4.72 Å². The highest BCUT2D eigenvalue weighted by Crippen LogP contribution is 2.27. The van der Waals surface area contributed by atoms with Gasteiger partial charge < -0.3 is 5.11 Å². The monoisotopic (exact) mass is 413 g/mol. The van der Waals surface area contributed by atoms with Crippen LogP contribution < -0.4 is 4.72 Å². The molecule has 2 aromatic rings. The molecule has 0 aliphatic rings. The van der Waals surface area contributed by atoms with Crippen LogP contribution >= 0.6 is 23.4 Å². The molecule has 0 aromatic heterocycles. The molecule has 3 atom stereocenters. The molecule has 2 N–H and O–H groups in total. The van der Waals surface area contributed by atoms with Gasteiger partial charge in [0.2, 0.25) is 10.0 Å². The van der Waals surface area contributed by atoms with Crippen molar-refractivity contribution >= 4 is 33.4 Å². The second-order valence-electron chi connectivity index (χ2n) is 6.20. The summed E-state index contributed by atoms with van der Waals surface area (Å²) in [6, 6.07) is 12.9. The average Bonchev–Trinajstić information content (AvgIpc) is 2.65. The van der Waals surface area contributed by atoms with Gasteiger partial charge in [-0.15, -0.1) is 11.8 Å². The maximum Gasteiger partial charge on any atom is 0.240 e. The zero-order valence-electron chi connectivity index (χ0n) is 15.0. The first kappa shape index (κ1) is 21.3. The molecule has 2 rings (SSSR count). The zero-order valence-corrected chi connectivity index (χ0v) is 17.4. The van der Waals surface area contributed by atoms with Crippen molar-refractivity contribution in [1.82, 2.24) is 4.72 Å². The molecule has 142 valence electrons. The molecule has 2 aromatic carbocycles.